The Morgan fingerprint density at radius 1 is 0.971 bits per heavy atom. The zero-order chi connectivity index (χ0) is 24.0. The molecule has 2 heterocycles. The highest BCUT2D eigenvalue weighted by Crippen LogP contribution is 2.40. The van der Waals surface area contributed by atoms with Crippen molar-refractivity contribution in [2.45, 2.75) is 25.7 Å². The van der Waals surface area contributed by atoms with Crippen LogP contribution in [0.5, 0.6) is 11.5 Å². The highest BCUT2D eigenvalue weighted by atomic mass is 32.1. The van der Waals surface area contributed by atoms with Gasteiger partial charge in [-0.15, -0.1) is 11.3 Å². The van der Waals surface area contributed by atoms with Crippen molar-refractivity contribution in [2.24, 2.45) is 0 Å². The average Bonchev–Trinajstić information content (AvgIpc) is 3.07. The molecule has 0 amide bonds. The van der Waals surface area contributed by atoms with Gasteiger partial charge >= 0.3 is 0 Å². The first-order valence-corrected chi connectivity index (χ1v) is 13.2. The van der Waals surface area contributed by atoms with Crippen molar-refractivity contribution in [3.8, 4) is 11.5 Å². The zero-order valence-corrected chi connectivity index (χ0v) is 21.0. The van der Waals surface area contributed by atoms with Gasteiger partial charge in [-0.2, -0.15) is 0 Å². The molecule has 1 aromatic heterocycles. The Hall–Kier alpha value is -3.15. The van der Waals surface area contributed by atoms with Crippen LogP contribution in [0.1, 0.15) is 46.5 Å². The fraction of sp³-hybridized carbons (Fsp3) is 0.300. The molecule has 3 aromatic rings. The quantitative estimate of drug-likeness (QED) is 0.325. The van der Waals surface area contributed by atoms with Crippen molar-refractivity contribution in [1.29, 1.82) is 0 Å². The van der Waals surface area contributed by atoms with E-state index in [2.05, 4.69) is 17.1 Å². The minimum Gasteiger partial charge on any atom is -0.497 e. The number of nitrogens with zero attached hydrogens (tertiary/aromatic N) is 1. The largest absolute Gasteiger partial charge is 0.497 e. The zero-order valence-electron chi connectivity index (χ0n) is 20.2. The number of hydrogen-bond donors (Lipinski definition) is 0. The number of likely N-dealkylation sites (tertiary alicyclic amines) is 1. The number of thiophene rings is 1. The second-order valence-corrected chi connectivity index (χ2v) is 10.0. The molecule has 2 aliphatic rings. The first kappa shape index (κ1) is 23.6. The molecule has 35 heavy (non-hydrogen) atoms. The summed E-state index contributed by atoms with van der Waals surface area (Å²) >= 11 is 1.65. The summed E-state index contributed by atoms with van der Waals surface area (Å²) in [6, 6.07) is 13.5. The summed E-state index contributed by atoms with van der Waals surface area (Å²) in [7, 11) is 1.67. The molecule has 0 bridgehead atoms. The molecule has 0 unspecified atom stereocenters. The van der Waals surface area contributed by atoms with E-state index in [1.54, 1.807) is 18.4 Å². The van der Waals surface area contributed by atoms with E-state index in [9.17, 15) is 4.79 Å². The predicted molar refractivity (Wildman–Crippen MR) is 145 cm³/mol. The molecule has 180 valence electrons. The SMILES string of the molecule is COc1ccc2c(C(=O)c3ccc(OCCN4CCCCC4)cc3)c(C3=CC=CC=CC3)sc2c1. The van der Waals surface area contributed by atoms with Crippen molar-refractivity contribution in [3.05, 3.63) is 88.8 Å². The van der Waals surface area contributed by atoms with Crippen molar-refractivity contribution in [1.82, 2.24) is 4.90 Å². The number of hydrogen-bond acceptors (Lipinski definition) is 5. The Labute approximate surface area is 211 Å². The van der Waals surface area contributed by atoms with Gasteiger partial charge in [-0.25, -0.2) is 0 Å². The number of methoxy groups -OCH3 is 1. The fourth-order valence-corrected chi connectivity index (χ4v) is 5.99. The molecule has 0 N–H and O–H groups in total. The van der Waals surface area contributed by atoms with Gasteiger partial charge in [0.2, 0.25) is 0 Å². The number of fused-ring (bicyclic) bond motifs is 1. The molecular weight excluding hydrogens is 454 g/mol. The Bertz CT molecular complexity index is 1280. The smallest absolute Gasteiger partial charge is 0.195 e. The number of ketones is 1. The summed E-state index contributed by atoms with van der Waals surface area (Å²) in [5.41, 5.74) is 2.59. The van der Waals surface area contributed by atoms with Gasteiger partial charge in [0.25, 0.3) is 0 Å². The van der Waals surface area contributed by atoms with Crippen LogP contribution in [-0.4, -0.2) is 44.0 Å². The molecule has 1 aliphatic carbocycles. The molecule has 1 aliphatic heterocycles. The number of piperidine rings is 1. The summed E-state index contributed by atoms with van der Waals surface area (Å²) < 4.78 is 12.5. The summed E-state index contributed by atoms with van der Waals surface area (Å²) in [4.78, 5) is 17.3. The van der Waals surface area contributed by atoms with Crippen LogP contribution in [0.3, 0.4) is 0 Å². The van der Waals surface area contributed by atoms with E-state index in [-0.39, 0.29) is 5.78 Å². The van der Waals surface area contributed by atoms with Gasteiger partial charge in [0, 0.05) is 32.6 Å². The lowest BCUT2D eigenvalue weighted by atomic mass is 9.96. The highest BCUT2D eigenvalue weighted by molar-refractivity contribution is 7.20. The van der Waals surface area contributed by atoms with Crippen LogP contribution in [0.4, 0.5) is 0 Å². The normalized spacial score (nSPS) is 16.2. The third-order valence-corrected chi connectivity index (χ3v) is 7.88. The number of rotatable bonds is 8. The standard InChI is InChI=1S/C30H31NO3S/c1-33-25-15-16-26-27(21-25)35-30(23-9-5-2-3-6-10-23)28(26)29(32)22-11-13-24(14-12-22)34-20-19-31-17-7-4-8-18-31/h2-3,5-6,9,11-16,21H,4,7-8,10,17-20H2,1H3. The van der Waals surface area contributed by atoms with E-state index < -0.39 is 0 Å². The van der Waals surface area contributed by atoms with Crippen LogP contribution in [0.2, 0.25) is 0 Å². The number of carbonyl (C=O) groups excluding carboxylic acids is 1. The first-order chi connectivity index (χ1) is 17.2. The average molecular weight is 486 g/mol. The molecule has 2 aromatic carbocycles. The second-order valence-electron chi connectivity index (χ2n) is 8.98. The molecule has 1 fully saturated rings. The van der Waals surface area contributed by atoms with Crippen LogP contribution < -0.4 is 9.47 Å². The van der Waals surface area contributed by atoms with Crippen LogP contribution >= 0.6 is 11.3 Å². The van der Waals surface area contributed by atoms with Crippen molar-refractivity contribution >= 4 is 32.8 Å². The Morgan fingerprint density at radius 3 is 2.57 bits per heavy atom. The summed E-state index contributed by atoms with van der Waals surface area (Å²) in [5, 5.41) is 0.968. The Kier molecular flexibility index (Phi) is 7.45. The van der Waals surface area contributed by atoms with Gasteiger partial charge in [0.05, 0.1) is 7.11 Å². The topological polar surface area (TPSA) is 38.8 Å². The van der Waals surface area contributed by atoms with Gasteiger partial charge in [0.15, 0.2) is 5.78 Å². The van der Waals surface area contributed by atoms with E-state index in [0.29, 0.717) is 12.2 Å². The van der Waals surface area contributed by atoms with Gasteiger partial charge in [0.1, 0.15) is 18.1 Å². The van der Waals surface area contributed by atoms with Crippen LogP contribution in [-0.2, 0) is 0 Å². The molecular formula is C30H31NO3S. The molecule has 0 spiro atoms. The number of benzene rings is 2. The minimum absolute atomic E-state index is 0.0365. The third-order valence-electron chi connectivity index (χ3n) is 6.65. The maximum absolute atomic E-state index is 13.8. The molecule has 0 radical (unpaired) electrons. The van der Waals surface area contributed by atoms with Crippen LogP contribution in [0, 0.1) is 0 Å². The van der Waals surface area contributed by atoms with Crippen molar-refractivity contribution in [2.75, 3.05) is 33.4 Å². The minimum atomic E-state index is 0.0365. The predicted octanol–water partition coefficient (Wildman–Crippen LogP) is 6.91. The van der Waals surface area contributed by atoms with Gasteiger partial charge in [-0.3, -0.25) is 9.69 Å². The number of carbonyl (C=O) groups is 1. The Morgan fingerprint density at radius 2 is 1.77 bits per heavy atom. The lowest BCUT2D eigenvalue weighted by Gasteiger charge is -2.26. The third kappa shape index (κ3) is 5.42. The van der Waals surface area contributed by atoms with Crippen molar-refractivity contribution in [3.63, 3.8) is 0 Å². The molecule has 0 saturated carbocycles. The molecule has 0 atom stereocenters. The summed E-state index contributed by atoms with van der Waals surface area (Å²) in [6.07, 6.45) is 15.0. The lowest BCUT2D eigenvalue weighted by Crippen LogP contribution is -2.33. The summed E-state index contributed by atoms with van der Waals surface area (Å²) in [5.74, 6) is 1.64. The number of allylic oxidation sites excluding steroid dienone is 6. The van der Waals surface area contributed by atoms with E-state index in [1.165, 1.54) is 32.4 Å². The molecule has 5 heteroatoms. The molecule has 5 rings (SSSR count). The second kappa shape index (κ2) is 11.1. The monoisotopic (exact) mass is 485 g/mol. The first-order valence-electron chi connectivity index (χ1n) is 12.4. The molecule has 4 nitrogen and oxygen atoms in total. The van der Waals surface area contributed by atoms with E-state index >= 15 is 0 Å². The van der Waals surface area contributed by atoms with E-state index in [0.717, 1.165) is 50.6 Å². The van der Waals surface area contributed by atoms with E-state index in [4.69, 9.17) is 9.47 Å². The van der Waals surface area contributed by atoms with Crippen molar-refractivity contribution < 1.29 is 14.3 Å². The highest BCUT2D eigenvalue weighted by Gasteiger charge is 2.23. The maximum Gasteiger partial charge on any atom is 0.195 e. The lowest BCUT2D eigenvalue weighted by molar-refractivity contribution is 0.104. The number of ether oxygens (including phenoxy) is 2. The summed E-state index contributed by atoms with van der Waals surface area (Å²) in [6.45, 7) is 3.96. The van der Waals surface area contributed by atoms with Gasteiger partial charge < -0.3 is 9.47 Å². The van der Waals surface area contributed by atoms with Gasteiger partial charge in [-0.05, 0) is 80.4 Å². The Balaban J connectivity index is 1.39. The fourth-order valence-electron chi connectivity index (χ4n) is 4.72. The maximum atomic E-state index is 13.8. The van der Waals surface area contributed by atoms with E-state index in [1.807, 2.05) is 60.7 Å². The van der Waals surface area contributed by atoms with Gasteiger partial charge in [-0.1, -0.05) is 36.8 Å². The van der Waals surface area contributed by atoms with Crippen LogP contribution in [0.25, 0.3) is 15.7 Å². The van der Waals surface area contributed by atoms with Crippen LogP contribution in [0.15, 0.2) is 72.8 Å². The molecule has 1 saturated heterocycles.